The molecule has 144 valence electrons. The molecule has 1 saturated heterocycles. The zero-order valence-corrected chi connectivity index (χ0v) is 15.7. The van der Waals surface area contributed by atoms with Gasteiger partial charge in [-0.25, -0.2) is 0 Å². The molecule has 3 aromatic rings. The average Bonchev–Trinajstić information content (AvgIpc) is 3.17. The SMILES string of the molecule is Cc1ccccc1-c1nnc(CN2CCN(C(=O)c3ccccc3O)CC2)o1. The maximum atomic E-state index is 12.6. The van der Waals surface area contributed by atoms with Crippen molar-refractivity contribution < 1.29 is 14.3 Å². The summed E-state index contributed by atoms with van der Waals surface area (Å²) in [4.78, 5) is 16.5. The highest BCUT2D eigenvalue weighted by Crippen LogP contribution is 2.22. The topological polar surface area (TPSA) is 82.7 Å². The summed E-state index contributed by atoms with van der Waals surface area (Å²) < 4.78 is 5.84. The van der Waals surface area contributed by atoms with Crippen LogP contribution in [0.5, 0.6) is 5.75 Å². The van der Waals surface area contributed by atoms with Gasteiger partial charge in [0.2, 0.25) is 11.8 Å². The van der Waals surface area contributed by atoms with Crippen molar-refractivity contribution >= 4 is 5.91 Å². The Balaban J connectivity index is 1.36. The van der Waals surface area contributed by atoms with Crippen LogP contribution >= 0.6 is 0 Å². The van der Waals surface area contributed by atoms with Crippen molar-refractivity contribution in [3.8, 4) is 17.2 Å². The Hall–Kier alpha value is -3.19. The van der Waals surface area contributed by atoms with Crippen LogP contribution in [-0.4, -0.2) is 57.2 Å². The minimum Gasteiger partial charge on any atom is -0.507 e. The Morgan fingerprint density at radius 3 is 2.50 bits per heavy atom. The first-order valence-electron chi connectivity index (χ1n) is 9.30. The Kier molecular flexibility index (Phi) is 5.08. The molecule has 0 aliphatic carbocycles. The van der Waals surface area contributed by atoms with Crippen molar-refractivity contribution in [2.24, 2.45) is 0 Å². The van der Waals surface area contributed by atoms with Gasteiger partial charge in [0.05, 0.1) is 12.1 Å². The minimum atomic E-state index is -0.141. The number of phenolic OH excluding ortho intramolecular Hbond substituents is 1. The van der Waals surface area contributed by atoms with Gasteiger partial charge < -0.3 is 14.4 Å². The summed E-state index contributed by atoms with van der Waals surface area (Å²) in [6.45, 7) is 5.16. The first-order chi connectivity index (χ1) is 13.6. The summed E-state index contributed by atoms with van der Waals surface area (Å²) in [6, 6.07) is 14.6. The Bertz CT molecular complexity index is 977. The predicted molar refractivity (Wildman–Crippen MR) is 104 cm³/mol. The lowest BCUT2D eigenvalue weighted by Gasteiger charge is -2.34. The molecule has 1 aliphatic heterocycles. The molecule has 2 aromatic carbocycles. The summed E-state index contributed by atoms with van der Waals surface area (Å²) >= 11 is 0. The van der Waals surface area contributed by atoms with E-state index >= 15 is 0 Å². The maximum absolute atomic E-state index is 12.6. The summed E-state index contributed by atoms with van der Waals surface area (Å²) in [6.07, 6.45) is 0. The van der Waals surface area contributed by atoms with E-state index in [2.05, 4.69) is 15.1 Å². The summed E-state index contributed by atoms with van der Waals surface area (Å²) in [5, 5.41) is 18.2. The smallest absolute Gasteiger partial charge is 0.257 e. The largest absolute Gasteiger partial charge is 0.507 e. The molecule has 7 heteroatoms. The number of para-hydroxylation sites is 1. The Labute approximate surface area is 163 Å². The number of piperazine rings is 1. The molecule has 1 fully saturated rings. The molecule has 4 rings (SSSR count). The van der Waals surface area contributed by atoms with Crippen molar-refractivity contribution in [2.45, 2.75) is 13.5 Å². The molecule has 1 amide bonds. The fourth-order valence-corrected chi connectivity index (χ4v) is 3.36. The predicted octanol–water partition coefficient (Wildman–Crippen LogP) is 2.71. The summed E-state index contributed by atoms with van der Waals surface area (Å²) in [5.41, 5.74) is 2.38. The number of aryl methyl sites for hydroxylation is 1. The van der Waals surface area contributed by atoms with Crippen molar-refractivity contribution in [3.05, 3.63) is 65.5 Å². The highest BCUT2D eigenvalue weighted by molar-refractivity contribution is 5.96. The van der Waals surface area contributed by atoms with E-state index < -0.39 is 0 Å². The van der Waals surface area contributed by atoms with Gasteiger partial charge in [0, 0.05) is 31.7 Å². The van der Waals surface area contributed by atoms with E-state index in [1.165, 1.54) is 6.07 Å². The Morgan fingerprint density at radius 2 is 1.75 bits per heavy atom. The number of rotatable bonds is 4. The van der Waals surface area contributed by atoms with E-state index in [4.69, 9.17) is 4.42 Å². The molecule has 0 unspecified atom stereocenters. The van der Waals surface area contributed by atoms with Gasteiger partial charge >= 0.3 is 0 Å². The number of carbonyl (C=O) groups excluding carboxylic acids is 1. The van der Waals surface area contributed by atoms with Crippen LogP contribution in [0.15, 0.2) is 52.9 Å². The third kappa shape index (κ3) is 3.75. The van der Waals surface area contributed by atoms with E-state index in [9.17, 15) is 9.90 Å². The molecular formula is C21H22N4O3. The maximum Gasteiger partial charge on any atom is 0.257 e. The summed E-state index contributed by atoms with van der Waals surface area (Å²) in [7, 11) is 0. The van der Waals surface area contributed by atoms with E-state index in [1.807, 2.05) is 31.2 Å². The van der Waals surface area contributed by atoms with Crippen molar-refractivity contribution in [3.63, 3.8) is 0 Å². The third-order valence-corrected chi connectivity index (χ3v) is 5.00. The molecular weight excluding hydrogens is 356 g/mol. The standard InChI is InChI=1S/C21H22N4O3/c1-15-6-2-3-7-16(15)20-23-22-19(28-20)14-24-10-12-25(13-11-24)21(27)17-8-4-5-9-18(17)26/h2-9,26H,10-14H2,1H3. The monoisotopic (exact) mass is 378 g/mol. The van der Waals surface area contributed by atoms with Crippen molar-refractivity contribution in [1.82, 2.24) is 20.0 Å². The number of carbonyl (C=O) groups is 1. The van der Waals surface area contributed by atoms with Crippen LogP contribution in [-0.2, 0) is 6.54 Å². The highest BCUT2D eigenvalue weighted by Gasteiger charge is 2.24. The van der Waals surface area contributed by atoms with Crippen molar-refractivity contribution in [2.75, 3.05) is 26.2 Å². The number of benzene rings is 2. The normalized spacial score (nSPS) is 15.0. The molecule has 0 saturated carbocycles. The molecule has 1 aromatic heterocycles. The van der Waals surface area contributed by atoms with Crippen LogP contribution < -0.4 is 0 Å². The molecule has 7 nitrogen and oxygen atoms in total. The van der Waals surface area contributed by atoms with Crippen LogP contribution in [0.25, 0.3) is 11.5 Å². The molecule has 28 heavy (non-hydrogen) atoms. The van der Waals surface area contributed by atoms with Gasteiger partial charge in [0.15, 0.2) is 0 Å². The molecule has 1 aliphatic rings. The molecule has 1 N–H and O–H groups in total. The second-order valence-corrected chi connectivity index (χ2v) is 6.90. The van der Waals surface area contributed by atoms with Gasteiger partial charge in [-0.2, -0.15) is 0 Å². The first kappa shape index (κ1) is 18.2. The van der Waals surface area contributed by atoms with Gasteiger partial charge in [0.1, 0.15) is 5.75 Å². The lowest BCUT2D eigenvalue weighted by Crippen LogP contribution is -2.48. The van der Waals surface area contributed by atoms with Gasteiger partial charge in [-0.3, -0.25) is 9.69 Å². The second kappa shape index (κ2) is 7.82. The number of hydrogen-bond donors (Lipinski definition) is 1. The molecule has 0 bridgehead atoms. The molecule has 0 spiro atoms. The van der Waals surface area contributed by atoms with E-state index in [1.54, 1.807) is 23.1 Å². The number of hydrogen-bond acceptors (Lipinski definition) is 6. The first-order valence-corrected chi connectivity index (χ1v) is 9.30. The van der Waals surface area contributed by atoms with Crippen LogP contribution in [0.3, 0.4) is 0 Å². The quantitative estimate of drug-likeness (QED) is 0.752. The van der Waals surface area contributed by atoms with Crippen LogP contribution in [0, 0.1) is 6.92 Å². The van der Waals surface area contributed by atoms with E-state index in [0.29, 0.717) is 50.1 Å². The van der Waals surface area contributed by atoms with Crippen LogP contribution in [0.1, 0.15) is 21.8 Å². The lowest BCUT2D eigenvalue weighted by atomic mass is 10.1. The van der Waals surface area contributed by atoms with Gasteiger partial charge in [-0.1, -0.05) is 30.3 Å². The fourth-order valence-electron chi connectivity index (χ4n) is 3.36. The Morgan fingerprint density at radius 1 is 1.04 bits per heavy atom. The van der Waals surface area contributed by atoms with Gasteiger partial charge in [0.25, 0.3) is 5.91 Å². The number of aromatic hydroxyl groups is 1. The number of amides is 1. The zero-order chi connectivity index (χ0) is 19.5. The van der Waals surface area contributed by atoms with Crippen LogP contribution in [0.2, 0.25) is 0 Å². The lowest BCUT2D eigenvalue weighted by molar-refractivity contribution is 0.0615. The second-order valence-electron chi connectivity index (χ2n) is 6.90. The molecule has 0 atom stereocenters. The average molecular weight is 378 g/mol. The highest BCUT2D eigenvalue weighted by atomic mass is 16.4. The number of nitrogens with zero attached hydrogens (tertiary/aromatic N) is 4. The third-order valence-electron chi connectivity index (χ3n) is 5.00. The number of phenols is 1. The van der Waals surface area contributed by atoms with Gasteiger partial charge in [-0.15, -0.1) is 10.2 Å². The fraction of sp³-hybridized carbons (Fsp3) is 0.286. The summed E-state index contributed by atoms with van der Waals surface area (Å²) in [5.74, 6) is 0.974. The molecule has 0 radical (unpaired) electrons. The molecule has 2 heterocycles. The van der Waals surface area contributed by atoms with E-state index in [-0.39, 0.29) is 11.7 Å². The van der Waals surface area contributed by atoms with Gasteiger partial charge in [-0.05, 0) is 30.7 Å². The van der Waals surface area contributed by atoms with Crippen LogP contribution in [0.4, 0.5) is 0 Å². The van der Waals surface area contributed by atoms with Crippen molar-refractivity contribution in [1.29, 1.82) is 0 Å². The minimum absolute atomic E-state index is 0.0181. The number of aromatic nitrogens is 2. The zero-order valence-electron chi connectivity index (χ0n) is 15.7. The van der Waals surface area contributed by atoms with E-state index in [0.717, 1.165) is 11.1 Å².